The number of nitrogens with zero attached hydrogens (tertiary/aromatic N) is 5. The summed E-state index contributed by atoms with van der Waals surface area (Å²) in [5, 5.41) is 53.1. The molecule has 3 aliphatic rings. The summed E-state index contributed by atoms with van der Waals surface area (Å²) in [6, 6.07) is 9.36. The van der Waals surface area contributed by atoms with Crippen LogP contribution in [0.2, 0.25) is 0 Å². The molecule has 2 fully saturated rings. The first-order valence-corrected chi connectivity index (χ1v) is 17.1. The van der Waals surface area contributed by atoms with E-state index >= 15 is 0 Å². The van der Waals surface area contributed by atoms with Gasteiger partial charge >= 0.3 is 18.2 Å². The number of ether oxygens (including phenoxy) is 2. The molecular weight excluding hydrogens is 706 g/mol. The Morgan fingerprint density at radius 2 is 1.52 bits per heavy atom. The Kier molecular flexibility index (Phi) is 11.3. The van der Waals surface area contributed by atoms with Gasteiger partial charge < -0.3 is 39.5 Å². The van der Waals surface area contributed by atoms with Crippen molar-refractivity contribution in [2.45, 2.75) is 63.0 Å². The summed E-state index contributed by atoms with van der Waals surface area (Å²) in [5.74, 6) is -2.99. The molecule has 0 bridgehead atoms. The third-order valence-electron chi connectivity index (χ3n) is 9.38. The van der Waals surface area contributed by atoms with Gasteiger partial charge in [0.15, 0.2) is 0 Å². The van der Waals surface area contributed by atoms with Gasteiger partial charge in [0, 0.05) is 53.9 Å². The van der Waals surface area contributed by atoms with Gasteiger partial charge in [-0.3, -0.25) is 25.0 Å². The number of carbonyl (C=O) groups is 4. The molecule has 7 atom stereocenters. The van der Waals surface area contributed by atoms with Crippen LogP contribution in [0.25, 0.3) is 0 Å². The number of fused-ring (bicyclic) bond motifs is 1. The van der Waals surface area contributed by atoms with E-state index in [4.69, 9.17) is 9.47 Å². The summed E-state index contributed by atoms with van der Waals surface area (Å²) in [4.78, 5) is 76.3. The number of likely N-dealkylation sites (N-methyl/N-ethyl adjacent to an activating group) is 1. The van der Waals surface area contributed by atoms with Crippen molar-refractivity contribution < 1.29 is 53.8 Å². The first kappa shape index (κ1) is 38.0. The van der Waals surface area contributed by atoms with E-state index in [9.17, 15) is 54.7 Å². The van der Waals surface area contributed by atoms with Gasteiger partial charge in [0.1, 0.15) is 18.9 Å². The van der Waals surface area contributed by atoms with Crippen LogP contribution in [0.1, 0.15) is 31.4 Å². The summed E-state index contributed by atoms with van der Waals surface area (Å²) < 4.78 is 10.8. The second-order valence-corrected chi connectivity index (χ2v) is 14.2. The van der Waals surface area contributed by atoms with Crippen molar-refractivity contribution in [1.29, 1.82) is 0 Å². The number of amides is 3. The summed E-state index contributed by atoms with van der Waals surface area (Å²) in [6.45, 7) is 2.52. The molecule has 18 nitrogen and oxygen atoms in total. The van der Waals surface area contributed by atoms with Gasteiger partial charge in [0.25, 0.3) is 11.4 Å². The average molecular weight is 744 g/mol. The Labute approximate surface area is 300 Å². The Balaban J connectivity index is 1.29. The average Bonchev–Trinajstić information content (AvgIpc) is 3.63. The summed E-state index contributed by atoms with van der Waals surface area (Å²) >= 11 is 1.17. The molecule has 2 aromatic rings. The largest absolute Gasteiger partial charge is 0.477 e. The highest BCUT2D eigenvalue weighted by atomic mass is 32.2. The number of aliphatic hydroxyl groups is 2. The molecule has 0 aromatic heterocycles. The maximum atomic E-state index is 13.5. The standard InChI is InChI=1S/C33H37N5O13S/c1-17-27-26(18(2)39)30(41)36(27)28(31(42)43)29(17)52-23-12-24(35(13-23)33(45)51-16-20-6-10-22(11-7-20)38(48)49)25(40)14-34(3)32(44)50-15-19-4-8-21(9-5-19)37(46)47/h4-11,17-18,23-27,39-40H,12-16H2,1-3H3,(H,42,43)/t17-,18?,23+,24+,25?,26-,27-/m1/s1. The number of nitro benzene ring substituents is 2. The van der Waals surface area contributed by atoms with Crippen molar-refractivity contribution in [3.63, 3.8) is 0 Å². The smallest absolute Gasteiger partial charge is 0.410 e. The van der Waals surface area contributed by atoms with Gasteiger partial charge in [-0.1, -0.05) is 6.92 Å². The molecule has 2 unspecified atom stereocenters. The molecule has 19 heteroatoms. The summed E-state index contributed by atoms with van der Waals surface area (Å²) in [5.41, 5.74) is 0.508. The van der Waals surface area contributed by atoms with Crippen molar-refractivity contribution in [3.8, 4) is 0 Å². The Morgan fingerprint density at radius 1 is 0.981 bits per heavy atom. The number of aliphatic carboxylic acids is 1. The second kappa shape index (κ2) is 15.5. The lowest BCUT2D eigenvalue weighted by atomic mass is 9.79. The van der Waals surface area contributed by atoms with Gasteiger partial charge in [-0.15, -0.1) is 11.8 Å². The lowest BCUT2D eigenvalue weighted by molar-refractivity contribution is -0.385. The van der Waals surface area contributed by atoms with Crippen molar-refractivity contribution >= 4 is 47.2 Å². The zero-order chi connectivity index (χ0) is 38.0. The SMILES string of the molecule is CC(O)[C@H]1C(=O)N2C(C(=O)O)=C(S[C@H]3C[C@@H](C(O)CN(C)C(=O)OCc4ccc([N+](=O)[O-])cc4)N(C(=O)OCc4ccc([N+](=O)[O-])cc4)C3)[C@H](C)[C@H]12. The van der Waals surface area contributed by atoms with Crippen LogP contribution in [0.5, 0.6) is 0 Å². The number of aliphatic hydroxyl groups excluding tert-OH is 2. The number of non-ortho nitro benzene ring substituents is 2. The predicted octanol–water partition coefficient (Wildman–Crippen LogP) is 3.10. The number of carboxylic acid groups (broad SMARTS) is 1. The summed E-state index contributed by atoms with van der Waals surface area (Å²) in [7, 11) is 1.38. The normalized spacial score (nSPS) is 23.4. The number of carboxylic acids is 1. The molecule has 278 valence electrons. The predicted molar refractivity (Wildman–Crippen MR) is 181 cm³/mol. The van der Waals surface area contributed by atoms with Crippen LogP contribution in [0.3, 0.4) is 0 Å². The number of carbonyl (C=O) groups excluding carboxylic acids is 3. The lowest BCUT2D eigenvalue weighted by Crippen LogP contribution is -2.63. The second-order valence-electron chi connectivity index (χ2n) is 12.9. The van der Waals surface area contributed by atoms with Gasteiger partial charge in [0.2, 0.25) is 5.91 Å². The van der Waals surface area contributed by atoms with E-state index in [2.05, 4.69) is 0 Å². The molecule has 2 aromatic carbocycles. The van der Waals surface area contributed by atoms with E-state index in [0.717, 1.165) is 4.90 Å². The molecule has 3 N–H and O–H groups in total. The van der Waals surface area contributed by atoms with Crippen molar-refractivity contribution in [3.05, 3.63) is 90.5 Å². The van der Waals surface area contributed by atoms with Gasteiger partial charge in [-0.2, -0.15) is 0 Å². The number of hydrogen-bond donors (Lipinski definition) is 3. The highest BCUT2D eigenvalue weighted by Crippen LogP contribution is 2.52. The number of rotatable bonds is 13. The van der Waals surface area contributed by atoms with Crippen LogP contribution < -0.4 is 0 Å². The van der Waals surface area contributed by atoms with Crippen LogP contribution in [-0.2, 0) is 32.3 Å². The molecule has 0 spiro atoms. The third-order valence-corrected chi connectivity index (χ3v) is 10.9. The minimum Gasteiger partial charge on any atom is -0.477 e. The van der Waals surface area contributed by atoms with E-state index in [0.29, 0.717) is 16.0 Å². The monoisotopic (exact) mass is 743 g/mol. The Hall–Kier alpha value is -5.27. The third kappa shape index (κ3) is 7.80. The maximum Gasteiger partial charge on any atom is 0.410 e. The Bertz CT molecular complexity index is 1770. The topological polar surface area (TPSA) is 243 Å². The van der Waals surface area contributed by atoms with E-state index in [1.165, 1.54) is 84.1 Å². The minimum atomic E-state index is -1.33. The molecule has 0 aliphatic carbocycles. The Morgan fingerprint density at radius 3 is 2.02 bits per heavy atom. The maximum absolute atomic E-state index is 13.5. The number of hydrogen-bond acceptors (Lipinski definition) is 13. The van der Waals surface area contributed by atoms with Crippen LogP contribution in [0, 0.1) is 32.1 Å². The van der Waals surface area contributed by atoms with Gasteiger partial charge in [-0.25, -0.2) is 14.4 Å². The summed E-state index contributed by atoms with van der Waals surface area (Å²) in [6.07, 6.45) is -3.81. The van der Waals surface area contributed by atoms with Crippen LogP contribution >= 0.6 is 11.8 Å². The van der Waals surface area contributed by atoms with E-state index in [1.54, 1.807) is 6.92 Å². The van der Waals surface area contributed by atoms with Crippen LogP contribution in [-0.4, -0.2) is 114 Å². The molecule has 3 amide bonds. The molecule has 3 aliphatic heterocycles. The first-order chi connectivity index (χ1) is 24.6. The molecule has 5 rings (SSSR count). The highest BCUT2D eigenvalue weighted by molar-refractivity contribution is 8.03. The zero-order valence-corrected chi connectivity index (χ0v) is 29.1. The van der Waals surface area contributed by atoms with Crippen LogP contribution in [0.15, 0.2) is 59.1 Å². The van der Waals surface area contributed by atoms with Crippen LogP contribution in [0.4, 0.5) is 21.0 Å². The number of nitro groups is 2. The number of benzene rings is 2. The molecule has 0 radical (unpaired) electrons. The first-order valence-electron chi connectivity index (χ1n) is 16.2. The van der Waals surface area contributed by atoms with Gasteiger partial charge in [-0.05, 0) is 48.7 Å². The van der Waals surface area contributed by atoms with E-state index in [1.807, 2.05) is 0 Å². The number of β-lactam (4-membered cyclic amide) rings is 1. The van der Waals surface area contributed by atoms with E-state index < -0.39 is 75.3 Å². The lowest BCUT2D eigenvalue weighted by Gasteiger charge is -2.46. The van der Waals surface area contributed by atoms with Gasteiger partial charge in [0.05, 0.1) is 46.6 Å². The fourth-order valence-electron chi connectivity index (χ4n) is 6.73. The molecule has 2 saturated heterocycles. The number of likely N-dealkylation sites (tertiary alicyclic amines) is 1. The highest BCUT2D eigenvalue weighted by Gasteiger charge is 2.60. The minimum absolute atomic E-state index is 0.00135. The quantitative estimate of drug-likeness (QED) is 0.152. The molecule has 3 heterocycles. The van der Waals surface area contributed by atoms with Crippen molar-refractivity contribution in [2.75, 3.05) is 20.1 Å². The molecule has 52 heavy (non-hydrogen) atoms. The fraction of sp³-hybridized carbons (Fsp3) is 0.455. The molecule has 0 saturated carbocycles. The van der Waals surface area contributed by atoms with Crippen molar-refractivity contribution in [2.24, 2.45) is 11.8 Å². The fourth-order valence-corrected chi connectivity index (χ4v) is 8.27. The molecular formula is C33H37N5O13S. The van der Waals surface area contributed by atoms with E-state index in [-0.39, 0.29) is 49.8 Å². The zero-order valence-electron chi connectivity index (χ0n) is 28.3. The number of thioether (sulfide) groups is 1. The van der Waals surface area contributed by atoms with Crippen molar-refractivity contribution in [1.82, 2.24) is 14.7 Å².